The van der Waals surface area contributed by atoms with Crippen molar-refractivity contribution in [1.82, 2.24) is 5.32 Å². The Kier molecular flexibility index (Phi) is 10.6. The lowest BCUT2D eigenvalue weighted by atomic mass is 9.98. The summed E-state index contributed by atoms with van der Waals surface area (Å²) in [4.78, 5) is 27.1. The number of hydrogen-bond acceptors (Lipinski definition) is 5. The van der Waals surface area contributed by atoms with E-state index in [0.29, 0.717) is 12.2 Å². The molecule has 6 heteroatoms. The fourth-order valence-electron chi connectivity index (χ4n) is 4.25. The topological polar surface area (TPSA) is 64.6 Å². The zero-order valence-corrected chi connectivity index (χ0v) is 24.6. The summed E-state index contributed by atoms with van der Waals surface area (Å²) in [5.74, 6) is -0.251. The lowest BCUT2D eigenvalue weighted by molar-refractivity contribution is -0.158. The molecule has 0 aromatic heterocycles. The lowest BCUT2D eigenvalue weighted by Gasteiger charge is -2.23. The van der Waals surface area contributed by atoms with Crippen molar-refractivity contribution >= 4 is 34.6 Å². The van der Waals surface area contributed by atoms with E-state index in [2.05, 4.69) is 35.6 Å². The molecule has 0 aliphatic rings. The molecule has 0 spiro atoms. The smallest absolute Gasteiger partial charge is 0.407 e. The van der Waals surface area contributed by atoms with E-state index >= 15 is 0 Å². The van der Waals surface area contributed by atoms with Crippen LogP contribution in [0.2, 0.25) is 0 Å². The van der Waals surface area contributed by atoms with Gasteiger partial charge in [0.25, 0.3) is 0 Å². The van der Waals surface area contributed by atoms with Gasteiger partial charge in [0.05, 0.1) is 12.0 Å². The minimum Gasteiger partial charge on any atom is -0.460 e. The number of esters is 1. The van der Waals surface area contributed by atoms with Gasteiger partial charge < -0.3 is 14.8 Å². The third kappa shape index (κ3) is 10.1. The van der Waals surface area contributed by atoms with Crippen molar-refractivity contribution in [3.05, 3.63) is 126 Å². The first-order valence-corrected chi connectivity index (χ1v) is 14.8. The number of rotatable bonds is 11. The van der Waals surface area contributed by atoms with Gasteiger partial charge >= 0.3 is 12.1 Å². The molecule has 0 aliphatic heterocycles. The maximum Gasteiger partial charge on any atom is 0.407 e. The molecule has 4 aromatic rings. The Hall–Kier alpha value is -4.03. The van der Waals surface area contributed by atoms with Crippen molar-refractivity contribution in [2.45, 2.75) is 50.3 Å². The summed E-state index contributed by atoms with van der Waals surface area (Å²) < 4.78 is 11.2. The Balaban J connectivity index is 1.50. The third-order valence-electron chi connectivity index (χ3n) is 6.25. The standard InChI is InChI=1S/C35H37NO4S/c1-35(2,3)40-33(37)30(22-26-12-6-4-7-13-26)18-20-31(36-34(38)39-24-27-14-8-5-9-15-27)25-41-32-21-19-28-16-10-11-17-29(28)23-32/h4-21,23,30-31H,22,24-25H2,1-3H3,(H,36,38)/b20-18+/t30-,31-/m0/s1. The van der Waals surface area contributed by atoms with Crippen molar-refractivity contribution < 1.29 is 19.1 Å². The molecule has 0 radical (unpaired) electrons. The zero-order chi connectivity index (χ0) is 29.1. The second-order valence-electron chi connectivity index (χ2n) is 10.8. The average molecular weight is 568 g/mol. The lowest BCUT2D eigenvalue weighted by Crippen LogP contribution is -2.36. The van der Waals surface area contributed by atoms with Crippen LogP contribution in [0.5, 0.6) is 0 Å². The fraction of sp³-hybridized carbons (Fsp3) is 0.257. The highest BCUT2D eigenvalue weighted by atomic mass is 32.2. The highest BCUT2D eigenvalue weighted by Crippen LogP contribution is 2.25. The minimum absolute atomic E-state index is 0.176. The van der Waals surface area contributed by atoms with Crippen LogP contribution >= 0.6 is 11.8 Å². The van der Waals surface area contributed by atoms with E-state index in [4.69, 9.17) is 9.47 Å². The van der Waals surface area contributed by atoms with Gasteiger partial charge in [-0.15, -0.1) is 11.8 Å². The van der Waals surface area contributed by atoms with Gasteiger partial charge in [-0.05, 0) is 61.2 Å². The van der Waals surface area contributed by atoms with E-state index in [-0.39, 0.29) is 18.6 Å². The quantitative estimate of drug-likeness (QED) is 0.113. The molecule has 41 heavy (non-hydrogen) atoms. The zero-order valence-electron chi connectivity index (χ0n) is 23.8. The van der Waals surface area contributed by atoms with Crippen LogP contribution in [0.25, 0.3) is 10.8 Å². The summed E-state index contributed by atoms with van der Waals surface area (Å²) in [5, 5.41) is 5.32. The summed E-state index contributed by atoms with van der Waals surface area (Å²) in [7, 11) is 0. The van der Waals surface area contributed by atoms with Crippen molar-refractivity contribution in [2.24, 2.45) is 5.92 Å². The highest BCUT2D eigenvalue weighted by Gasteiger charge is 2.24. The van der Waals surface area contributed by atoms with Crippen LogP contribution in [-0.4, -0.2) is 29.5 Å². The van der Waals surface area contributed by atoms with Gasteiger partial charge in [0.15, 0.2) is 0 Å². The molecule has 1 amide bonds. The number of thioether (sulfide) groups is 1. The third-order valence-corrected chi connectivity index (χ3v) is 7.36. The Morgan fingerprint density at radius 2 is 1.44 bits per heavy atom. The van der Waals surface area contributed by atoms with Crippen LogP contribution in [0.4, 0.5) is 4.79 Å². The minimum atomic E-state index is -0.606. The number of benzene rings is 4. The van der Waals surface area contributed by atoms with Crippen molar-refractivity contribution in [3.63, 3.8) is 0 Å². The molecule has 1 N–H and O–H groups in total. The van der Waals surface area contributed by atoms with Crippen LogP contribution in [0.3, 0.4) is 0 Å². The van der Waals surface area contributed by atoms with Crippen LogP contribution in [-0.2, 0) is 27.3 Å². The molecule has 4 aromatic carbocycles. The predicted molar refractivity (Wildman–Crippen MR) is 167 cm³/mol. The molecule has 0 fully saturated rings. The molecule has 0 saturated heterocycles. The van der Waals surface area contributed by atoms with Crippen molar-refractivity contribution in [1.29, 1.82) is 0 Å². The summed E-state index contributed by atoms with van der Waals surface area (Å²) in [6.45, 7) is 5.76. The number of ether oxygens (including phenoxy) is 2. The fourth-order valence-corrected chi connectivity index (χ4v) is 5.19. The van der Waals surface area contributed by atoms with Crippen LogP contribution in [0, 0.1) is 5.92 Å². The van der Waals surface area contributed by atoms with E-state index in [1.807, 2.05) is 106 Å². The molecule has 0 aliphatic carbocycles. The number of carbonyl (C=O) groups is 2. The van der Waals surface area contributed by atoms with E-state index < -0.39 is 17.6 Å². The number of fused-ring (bicyclic) bond motifs is 1. The molecule has 4 rings (SSSR count). The van der Waals surface area contributed by atoms with Crippen molar-refractivity contribution in [2.75, 3.05) is 5.75 Å². The first kappa shape index (κ1) is 29.9. The van der Waals surface area contributed by atoms with Crippen LogP contribution in [0.15, 0.2) is 120 Å². The van der Waals surface area contributed by atoms with Gasteiger partial charge in [-0.3, -0.25) is 4.79 Å². The SMILES string of the molecule is CC(C)(C)OC(=O)[C@@H](/C=C/[C@@H](CSc1ccc2ccccc2c1)NC(=O)OCc1ccccc1)Cc1ccccc1. The monoisotopic (exact) mass is 567 g/mol. The number of hydrogen-bond donors (Lipinski definition) is 1. The van der Waals surface area contributed by atoms with E-state index in [0.717, 1.165) is 21.4 Å². The van der Waals surface area contributed by atoms with Gasteiger partial charge in [-0.25, -0.2) is 4.79 Å². The molecule has 0 unspecified atom stereocenters. The maximum absolute atomic E-state index is 13.2. The molecular weight excluding hydrogens is 530 g/mol. The van der Waals surface area contributed by atoms with E-state index in [9.17, 15) is 9.59 Å². The van der Waals surface area contributed by atoms with Gasteiger partial charge in [-0.2, -0.15) is 0 Å². The number of amides is 1. The molecule has 0 saturated carbocycles. The van der Waals surface area contributed by atoms with Crippen molar-refractivity contribution in [3.8, 4) is 0 Å². The molecule has 212 valence electrons. The number of alkyl carbamates (subject to hydrolysis) is 1. The Labute approximate surface area is 247 Å². The summed E-state index contributed by atoms with van der Waals surface area (Å²) >= 11 is 1.64. The maximum atomic E-state index is 13.2. The summed E-state index contributed by atoms with van der Waals surface area (Å²) in [5.41, 5.74) is 1.34. The van der Waals surface area contributed by atoms with Crippen LogP contribution < -0.4 is 5.32 Å². The first-order valence-electron chi connectivity index (χ1n) is 13.8. The average Bonchev–Trinajstić information content (AvgIpc) is 2.96. The van der Waals surface area contributed by atoms with Crippen LogP contribution in [0.1, 0.15) is 31.9 Å². The largest absolute Gasteiger partial charge is 0.460 e. The molecule has 2 atom stereocenters. The molecular formula is C35H37NO4S. The molecule has 5 nitrogen and oxygen atoms in total. The van der Waals surface area contributed by atoms with Gasteiger partial charge in [0.1, 0.15) is 12.2 Å². The highest BCUT2D eigenvalue weighted by molar-refractivity contribution is 7.99. The normalized spacial score (nSPS) is 13.0. The number of carbonyl (C=O) groups excluding carboxylic acids is 2. The molecule has 0 heterocycles. The Morgan fingerprint density at radius 1 is 0.805 bits per heavy atom. The second kappa shape index (κ2) is 14.6. The van der Waals surface area contributed by atoms with Gasteiger partial charge in [0.2, 0.25) is 0 Å². The van der Waals surface area contributed by atoms with Gasteiger partial charge in [0, 0.05) is 10.6 Å². The Bertz CT molecular complexity index is 1450. The predicted octanol–water partition coefficient (Wildman–Crippen LogP) is 7.98. The number of nitrogens with one attached hydrogen (secondary N) is 1. The summed E-state index contributed by atoms with van der Waals surface area (Å²) in [6, 6.07) is 33.6. The first-order chi connectivity index (χ1) is 19.7. The Morgan fingerprint density at radius 3 is 2.12 bits per heavy atom. The summed E-state index contributed by atoms with van der Waals surface area (Å²) in [6.07, 6.45) is 3.72. The van der Waals surface area contributed by atoms with E-state index in [1.165, 1.54) is 5.39 Å². The van der Waals surface area contributed by atoms with E-state index in [1.54, 1.807) is 11.8 Å². The second-order valence-corrected chi connectivity index (χ2v) is 11.9. The molecule has 0 bridgehead atoms. The van der Waals surface area contributed by atoms with Gasteiger partial charge in [-0.1, -0.05) is 103 Å².